The van der Waals surface area contributed by atoms with Crippen LogP contribution >= 0.6 is 0 Å². The number of rotatable bonds is 3. The summed E-state index contributed by atoms with van der Waals surface area (Å²) in [4.78, 5) is 26.2. The van der Waals surface area contributed by atoms with Crippen LogP contribution < -0.4 is 5.32 Å². The summed E-state index contributed by atoms with van der Waals surface area (Å²) in [6.45, 7) is 1.58. The van der Waals surface area contributed by atoms with E-state index in [1.54, 1.807) is 30.3 Å². The molecule has 2 amide bonds. The molecular weight excluding hydrogens is 295 g/mol. The van der Waals surface area contributed by atoms with Crippen LogP contribution in [0.1, 0.15) is 33.6 Å². The first-order valence-corrected chi connectivity index (χ1v) is 7.60. The van der Waals surface area contributed by atoms with Crippen molar-refractivity contribution in [2.24, 2.45) is 0 Å². The SMILES string of the molecule is O=C(Nc1cccc(F)c1)c1ccc(C(=O)N2CCCC2)cc1. The van der Waals surface area contributed by atoms with Crippen LogP contribution in [0, 0.1) is 5.82 Å². The largest absolute Gasteiger partial charge is 0.339 e. The quantitative estimate of drug-likeness (QED) is 0.945. The number of benzene rings is 2. The van der Waals surface area contributed by atoms with Crippen LogP contribution in [0.5, 0.6) is 0 Å². The van der Waals surface area contributed by atoms with Crippen LogP contribution in [0.4, 0.5) is 10.1 Å². The van der Waals surface area contributed by atoms with Crippen molar-refractivity contribution in [2.75, 3.05) is 18.4 Å². The molecule has 0 radical (unpaired) electrons. The van der Waals surface area contributed by atoms with Gasteiger partial charge in [0.15, 0.2) is 0 Å². The number of hydrogen-bond donors (Lipinski definition) is 1. The van der Waals surface area contributed by atoms with Crippen LogP contribution in [0.15, 0.2) is 48.5 Å². The molecule has 1 heterocycles. The third-order valence-electron chi connectivity index (χ3n) is 3.87. The summed E-state index contributed by atoms with van der Waals surface area (Å²) >= 11 is 0. The summed E-state index contributed by atoms with van der Waals surface area (Å²) < 4.78 is 13.1. The monoisotopic (exact) mass is 312 g/mol. The first-order chi connectivity index (χ1) is 11.1. The number of likely N-dealkylation sites (tertiary alicyclic amines) is 1. The highest BCUT2D eigenvalue weighted by Gasteiger charge is 2.19. The van der Waals surface area contributed by atoms with Crippen LogP contribution in [0.2, 0.25) is 0 Å². The van der Waals surface area contributed by atoms with Gasteiger partial charge in [0.2, 0.25) is 0 Å². The standard InChI is InChI=1S/C18H17FN2O2/c19-15-4-3-5-16(12-15)20-17(22)13-6-8-14(9-7-13)18(23)21-10-1-2-11-21/h3-9,12H,1-2,10-11H2,(H,20,22). The van der Waals surface area contributed by atoms with Gasteiger partial charge >= 0.3 is 0 Å². The zero-order chi connectivity index (χ0) is 16.2. The van der Waals surface area contributed by atoms with Gasteiger partial charge in [0.05, 0.1) is 0 Å². The van der Waals surface area contributed by atoms with E-state index in [2.05, 4.69) is 5.32 Å². The van der Waals surface area contributed by atoms with E-state index in [0.717, 1.165) is 25.9 Å². The van der Waals surface area contributed by atoms with Crippen molar-refractivity contribution in [3.8, 4) is 0 Å². The Morgan fingerprint density at radius 3 is 2.26 bits per heavy atom. The third kappa shape index (κ3) is 3.56. The zero-order valence-electron chi connectivity index (χ0n) is 12.6. The van der Waals surface area contributed by atoms with E-state index >= 15 is 0 Å². The van der Waals surface area contributed by atoms with Crippen molar-refractivity contribution in [1.29, 1.82) is 0 Å². The maximum atomic E-state index is 13.1. The summed E-state index contributed by atoms with van der Waals surface area (Å²) in [6.07, 6.45) is 2.08. The second-order valence-corrected chi connectivity index (χ2v) is 5.54. The first kappa shape index (κ1) is 15.2. The summed E-state index contributed by atoms with van der Waals surface area (Å²) in [5.74, 6) is -0.746. The summed E-state index contributed by atoms with van der Waals surface area (Å²) in [5, 5.41) is 2.63. The van der Waals surface area contributed by atoms with Crippen LogP contribution in [-0.4, -0.2) is 29.8 Å². The van der Waals surface area contributed by atoms with Crippen molar-refractivity contribution < 1.29 is 14.0 Å². The fourth-order valence-electron chi connectivity index (χ4n) is 2.64. The summed E-state index contributed by atoms with van der Waals surface area (Å²) in [5.41, 5.74) is 1.40. The van der Waals surface area contributed by atoms with Gasteiger partial charge in [0, 0.05) is 29.9 Å². The van der Waals surface area contributed by atoms with E-state index in [4.69, 9.17) is 0 Å². The van der Waals surface area contributed by atoms with E-state index in [-0.39, 0.29) is 11.8 Å². The molecule has 0 unspecified atom stereocenters. The van der Waals surface area contributed by atoms with Gasteiger partial charge in [-0.15, -0.1) is 0 Å². The molecule has 23 heavy (non-hydrogen) atoms. The lowest BCUT2D eigenvalue weighted by Crippen LogP contribution is -2.27. The predicted molar refractivity (Wildman–Crippen MR) is 85.9 cm³/mol. The molecule has 2 aromatic rings. The molecule has 118 valence electrons. The lowest BCUT2D eigenvalue weighted by Gasteiger charge is -2.15. The Bertz CT molecular complexity index is 722. The van der Waals surface area contributed by atoms with E-state index in [9.17, 15) is 14.0 Å². The van der Waals surface area contributed by atoms with Crippen molar-refractivity contribution in [2.45, 2.75) is 12.8 Å². The zero-order valence-corrected chi connectivity index (χ0v) is 12.6. The second kappa shape index (κ2) is 6.60. The van der Waals surface area contributed by atoms with Gasteiger partial charge in [-0.3, -0.25) is 9.59 Å². The topological polar surface area (TPSA) is 49.4 Å². The summed E-state index contributed by atoms with van der Waals surface area (Å²) in [7, 11) is 0. The molecule has 1 N–H and O–H groups in total. The third-order valence-corrected chi connectivity index (χ3v) is 3.87. The minimum absolute atomic E-state index is 0.000381. The Hall–Kier alpha value is -2.69. The number of nitrogens with zero attached hydrogens (tertiary/aromatic N) is 1. The fourth-order valence-corrected chi connectivity index (χ4v) is 2.64. The molecule has 1 fully saturated rings. The van der Waals surface area contributed by atoms with Gasteiger partial charge in [0.25, 0.3) is 11.8 Å². The van der Waals surface area contributed by atoms with Gasteiger partial charge < -0.3 is 10.2 Å². The van der Waals surface area contributed by atoms with Crippen molar-refractivity contribution in [1.82, 2.24) is 4.90 Å². The van der Waals surface area contributed by atoms with E-state index in [1.165, 1.54) is 18.2 Å². The number of anilines is 1. The van der Waals surface area contributed by atoms with Crippen LogP contribution in [0.25, 0.3) is 0 Å². The molecule has 0 saturated carbocycles. The molecule has 0 spiro atoms. The van der Waals surface area contributed by atoms with Crippen LogP contribution in [0.3, 0.4) is 0 Å². The smallest absolute Gasteiger partial charge is 0.255 e. The Balaban J connectivity index is 1.69. The van der Waals surface area contributed by atoms with E-state index in [0.29, 0.717) is 16.8 Å². The number of halogens is 1. The van der Waals surface area contributed by atoms with Gasteiger partial charge in [-0.2, -0.15) is 0 Å². The molecule has 2 aromatic carbocycles. The number of nitrogens with one attached hydrogen (secondary N) is 1. The minimum Gasteiger partial charge on any atom is -0.339 e. The number of amides is 2. The Morgan fingerprint density at radius 1 is 0.957 bits per heavy atom. The predicted octanol–water partition coefficient (Wildman–Crippen LogP) is 3.31. The van der Waals surface area contributed by atoms with E-state index in [1.807, 2.05) is 4.90 Å². The van der Waals surface area contributed by atoms with Gasteiger partial charge in [-0.25, -0.2) is 4.39 Å². The molecule has 1 aliphatic rings. The van der Waals surface area contributed by atoms with Gasteiger partial charge in [-0.05, 0) is 55.3 Å². The highest BCUT2D eigenvalue weighted by Crippen LogP contribution is 2.15. The molecule has 0 aliphatic carbocycles. The minimum atomic E-state index is -0.408. The number of carbonyl (C=O) groups excluding carboxylic acids is 2. The molecule has 4 nitrogen and oxygen atoms in total. The van der Waals surface area contributed by atoms with Crippen molar-refractivity contribution >= 4 is 17.5 Å². The Kier molecular flexibility index (Phi) is 4.37. The highest BCUT2D eigenvalue weighted by molar-refractivity contribution is 6.05. The Labute approximate surface area is 133 Å². The van der Waals surface area contributed by atoms with Gasteiger partial charge in [0.1, 0.15) is 5.82 Å². The first-order valence-electron chi connectivity index (χ1n) is 7.60. The van der Waals surface area contributed by atoms with Gasteiger partial charge in [-0.1, -0.05) is 6.07 Å². The summed E-state index contributed by atoms with van der Waals surface area (Å²) in [6, 6.07) is 12.2. The number of carbonyl (C=O) groups is 2. The van der Waals surface area contributed by atoms with Crippen molar-refractivity contribution in [3.05, 3.63) is 65.5 Å². The Morgan fingerprint density at radius 2 is 1.61 bits per heavy atom. The molecule has 0 atom stereocenters. The average Bonchev–Trinajstić information content (AvgIpc) is 3.09. The average molecular weight is 312 g/mol. The normalized spacial score (nSPS) is 13.9. The fraction of sp³-hybridized carbons (Fsp3) is 0.222. The molecule has 1 aliphatic heterocycles. The maximum absolute atomic E-state index is 13.1. The van der Waals surface area contributed by atoms with E-state index < -0.39 is 5.82 Å². The van der Waals surface area contributed by atoms with Crippen molar-refractivity contribution in [3.63, 3.8) is 0 Å². The molecule has 5 heteroatoms. The lowest BCUT2D eigenvalue weighted by molar-refractivity contribution is 0.0792. The van der Waals surface area contributed by atoms with Crippen LogP contribution in [-0.2, 0) is 0 Å². The maximum Gasteiger partial charge on any atom is 0.255 e. The number of hydrogen-bond acceptors (Lipinski definition) is 2. The lowest BCUT2D eigenvalue weighted by atomic mass is 10.1. The molecule has 0 aromatic heterocycles. The molecule has 0 bridgehead atoms. The second-order valence-electron chi connectivity index (χ2n) is 5.54. The molecule has 1 saturated heterocycles. The highest BCUT2D eigenvalue weighted by atomic mass is 19.1. The molecule has 3 rings (SSSR count). The molecular formula is C18H17FN2O2.